The Morgan fingerprint density at radius 1 is 1.08 bits per heavy atom. The van der Waals surface area contributed by atoms with Crippen LogP contribution in [0.5, 0.6) is 0 Å². The van der Waals surface area contributed by atoms with Crippen molar-refractivity contribution in [1.82, 2.24) is 9.80 Å². The standard InChI is InChI=1S/C20H25FN2O/c21-15-6-4-13(5-7-15)16-9-17(16)20(24)23-11-14-10-22-8-2-1-3-19(22)18(14)12-23/h4-7,14,16-19H,1-3,8-12H2/t14-,16+,17+,18-,19-/m0/s1. The summed E-state index contributed by atoms with van der Waals surface area (Å²) >= 11 is 0. The van der Waals surface area contributed by atoms with E-state index in [9.17, 15) is 9.18 Å². The monoisotopic (exact) mass is 328 g/mol. The van der Waals surface area contributed by atoms with Crippen LogP contribution in [-0.4, -0.2) is 47.9 Å². The van der Waals surface area contributed by atoms with Gasteiger partial charge in [-0.2, -0.15) is 0 Å². The summed E-state index contributed by atoms with van der Waals surface area (Å²) in [6.07, 6.45) is 4.96. The zero-order chi connectivity index (χ0) is 16.3. The Hall–Kier alpha value is -1.42. The predicted octanol–water partition coefficient (Wildman–Crippen LogP) is 2.87. The molecule has 4 aliphatic rings. The number of amides is 1. The molecule has 4 fully saturated rings. The number of carbonyl (C=O) groups excluding carboxylic acids is 1. The number of halogens is 1. The van der Waals surface area contributed by atoms with Crippen LogP contribution in [0.1, 0.15) is 37.2 Å². The summed E-state index contributed by atoms with van der Waals surface area (Å²) in [6, 6.07) is 7.42. The summed E-state index contributed by atoms with van der Waals surface area (Å²) in [6.45, 7) is 4.40. The highest BCUT2D eigenvalue weighted by atomic mass is 19.1. The van der Waals surface area contributed by atoms with Crippen molar-refractivity contribution in [3.05, 3.63) is 35.6 Å². The number of piperidine rings is 1. The number of carbonyl (C=O) groups is 1. The minimum absolute atomic E-state index is 0.136. The van der Waals surface area contributed by atoms with Gasteiger partial charge in [0.05, 0.1) is 0 Å². The SMILES string of the molecule is O=C([C@@H]1C[C@@H]1c1ccc(F)cc1)N1C[C@@H]2CN3CCCC[C@H]3[C@H]2C1. The van der Waals surface area contributed by atoms with E-state index < -0.39 is 0 Å². The number of benzene rings is 1. The smallest absolute Gasteiger partial charge is 0.226 e. The van der Waals surface area contributed by atoms with E-state index in [1.807, 2.05) is 12.1 Å². The molecule has 3 heterocycles. The van der Waals surface area contributed by atoms with E-state index in [-0.39, 0.29) is 11.7 Å². The van der Waals surface area contributed by atoms with E-state index in [1.54, 1.807) is 0 Å². The van der Waals surface area contributed by atoms with Gasteiger partial charge in [0.2, 0.25) is 5.91 Å². The quantitative estimate of drug-likeness (QED) is 0.833. The lowest BCUT2D eigenvalue weighted by atomic mass is 9.90. The second kappa shape index (κ2) is 5.55. The van der Waals surface area contributed by atoms with Crippen molar-refractivity contribution in [2.24, 2.45) is 17.8 Å². The Morgan fingerprint density at radius 2 is 1.92 bits per heavy atom. The van der Waals surface area contributed by atoms with Gasteiger partial charge in [0.1, 0.15) is 5.82 Å². The minimum atomic E-state index is -0.202. The molecule has 128 valence electrons. The number of hydrogen-bond donors (Lipinski definition) is 0. The Morgan fingerprint density at radius 3 is 2.75 bits per heavy atom. The molecular weight excluding hydrogens is 303 g/mol. The molecule has 24 heavy (non-hydrogen) atoms. The van der Waals surface area contributed by atoms with Crippen molar-refractivity contribution < 1.29 is 9.18 Å². The van der Waals surface area contributed by atoms with E-state index in [2.05, 4.69) is 9.80 Å². The molecule has 3 aliphatic heterocycles. The number of fused-ring (bicyclic) bond motifs is 3. The highest BCUT2D eigenvalue weighted by Gasteiger charge is 2.52. The van der Waals surface area contributed by atoms with Crippen molar-refractivity contribution in [2.45, 2.75) is 37.6 Å². The van der Waals surface area contributed by atoms with Crippen molar-refractivity contribution in [3.63, 3.8) is 0 Å². The van der Waals surface area contributed by atoms with Crippen LogP contribution in [0.2, 0.25) is 0 Å². The summed E-state index contributed by atoms with van der Waals surface area (Å²) in [7, 11) is 0. The van der Waals surface area contributed by atoms with Crippen molar-refractivity contribution in [1.29, 1.82) is 0 Å². The molecule has 1 saturated carbocycles. The van der Waals surface area contributed by atoms with Gasteiger partial charge >= 0.3 is 0 Å². The molecule has 0 radical (unpaired) electrons. The Labute approximate surface area is 142 Å². The molecule has 1 aromatic carbocycles. The summed E-state index contributed by atoms with van der Waals surface area (Å²) in [5.74, 6) is 1.99. The van der Waals surface area contributed by atoms with Crippen LogP contribution in [0.15, 0.2) is 24.3 Å². The fraction of sp³-hybridized carbons (Fsp3) is 0.650. The molecule has 0 bridgehead atoms. The van der Waals surface area contributed by atoms with Gasteiger partial charge in [0, 0.05) is 31.6 Å². The van der Waals surface area contributed by atoms with Crippen LogP contribution in [0, 0.1) is 23.6 Å². The molecule has 4 heteroatoms. The molecule has 0 N–H and O–H groups in total. The highest BCUT2D eigenvalue weighted by Crippen LogP contribution is 2.50. The van der Waals surface area contributed by atoms with Crippen LogP contribution in [0.25, 0.3) is 0 Å². The first-order valence-corrected chi connectivity index (χ1v) is 9.49. The fourth-order valence-electron chi connectivity index (χ4n) is 5.52. The summed E-state index contributed by atoms with van der Waals surface area (Å²) in [5, 5.41) is 0. The first-order valence-electron chi connectivity index (χ1n) is 9.49. The van der Waals surface area contributed by atoms with E-state index in [1.165, 1.54) is 44.5 Å². The number of rotatable bonds is 2. The molecule has 0 aromatic heterocycles. The van der Waals surface area contributed by atoms with Crippen molar-refractivity contribution >= 4 is 5.91 Å². The first-order chi connectivity index (χ1) is 11.7. The van der Waals surface area contributed by atoms with Crippen LogP contribution in [0.4, 0.5) is 4.39 Å². The topological polar surface area (TPSA) is 23.6 Å². The maximum Gasteiger partial charge on any atom is 0.226 e. The molecule has 1 amide bonds. The Balaban J connectivity index is 1.23. The first kappa shape index (κ1) is 14.9. The molecule has 0 unspecified atom stereocenters. The largest absolute Gasteiger partial charge is 0.342 e. The van der Waals surface area contributed by atoms with Crippen LogP contribution in [-0.2, 0) is 4.79 Å². The van der Waals surface area contributed by atoms with Gasteiger partial charge in [-0.3, -0.25) is 9.69 Å². The third-order valence-corrected chi connectivity index (χ3v) is 6.84. The van der Waals surface area contributed by atoms with Crippen molar-refractivity contribution in [2.75, 3.05) is 26.2 Å². The lowest BCUT2D eigenvalue weighted by Gasteiger charge is -2.33. The molecule has 1 aromatic rings. The van der Waals surface area contributed by atoms with E-state index in [0.717, 1.165) is 31.1 Å². The van der Waals surface area contributed by atoms with E-state index in [4.69, 9.17) is 0 Å². The lowest BCUT2D eigenvalue weighted by Crippen LogP contribution is -2.41. The van der Waals surface area contributed by atoms with Gasteiger partial charge < -0.3 is 4.90 Å². The minimum Gasteiger partial charge on any atom is -0.342 e. The molecule has 3 nitrogen and oxygen atoms in total. The van der Waals surface area contributed by atoms with Crippen LogP contribution < -0.4 is 0 Å². The van der Waals surface area contributed by atoms with Gasteiger partial charge in [-0.15, -0.1) is 0 Å². The number of hydrogen-bond acceptors (Lipinski definition) is 2. The Kier molecular flexibility index (Phi) is 3.44. The average Bonchev–Trinajstić information content (AvgIpc) is 3.16. The van der Waals surface area contributed by atoms with Crippen molar-refractivity contribution in [3.8, 4) is 0 Å². The van der Waals surface area contributed by atoms with Gasteiger partial charge in [-0.05, 0) is 61.3 Å². The lowest BCUT2D eigenvalue weighted by molar-refractivity contribution is -0.132. The second-order valence-corrected chi connectivity index (χ2v) is 8.23. The average molecular weight is 328 g/mol. The van der Waals surface area contributed by atoms with Crippen LogP contribution >= 0.6 is 0 Å². The van der Waals surface area contributed by atoms with Gasteiger partial charge in [0.25, 0.3) is 0 Å². The summed E-state index contributed by atoms with van der Waals surface area (Å²) in [5.41, 5.74) is 1.12. The molecular formula is C20H25FN2O. The predicted molar refractivity (Wildman–Crippen MR) is 90.0 cm³/mol. The summed E-state index contributed by atoms with van der Waals surface area (Å²) < 4.78 is 13.1. The number of likely N-dealkylation sites (tertiary alicyclic amines) is 1. The zero-order valence-electron chi connectivity index (χ0n) is 14.0. The maximum atomic E-state index is 13.1. The Bertz CT molecular complexity index is 646. The van der Waals surface area contributed by atoms with Gasteiger partial charge in [-0.1, -0.05) is 18.6 Å². The fourth-order valence-corrected chi connectivity index (χ4v) is 5.52. The van der Waals surface area contributed by atoms with Gasteiger partial charge in [0.15, 0.2) is 0 Å². The normalized spacial score (nSPS) is 38.0. The highest BCUT2D eigenvalue weighted by molar-refractivity contribution is 5.83. The maximum absolute atomic E-state index is 13.1. The van der Waals surface area contributed by atoms with Crippen LogP contribution in [0.3, 0.4) is 0 Å². The second-order valence-electron chi connectivity index (χ2n) is 8.23. The molecule has 5 rings (SSSR count). The zero-order valence-corrected chi connectivity index (χ0v) is 14.0. The molecule has 0 spiro atoms. The number of nitrogens with zero attached hydrogens (tertiary/aromatic N) is 2. The third kappa shape index (κ3) is 2.38. The molecule has 5 atom stereocenters. The molecule has 3 saturated heterocycles. The summed E-state index contributed by atoms with van der Waals surface area (Å²) in [4.78, 5) is 17.7. The van der Waals surface area contributed by atoms with Gasteiger partial charge in [-0.25, -0.2) is 4.39 Å². The van der Waals surface area contributed by atoms with E-state index >= 15 is 0 Å². The third-order valence-electron chi connectivity index (χ3n) is 6.84. The molecule has 1 aliphatic carbocycles. The van der Waals surface area contributed by atoms with E-state index in [0.29, 0.717) is 23.7 Å².